The average Bonchev–Trinajstić information content (AvgIpc) is 2.25. The molecule has 0 spiro atoms. The number of aliphatic carboxylic acids is 1. The van der Waals surface area contributed by atoms with Crippen LogP contribution in [0.4, 0.5) is 0 Å². The Hall–Kier alpha value is -1.69. The molecule has 1 N–H and O–H groups in total. The number of esters is 2. The van der Waals surface area contributed by atoms with Crippen molar-refractivity contribution in [1.82, 2.24) is 0 Å². The summed E-state index contributed by atoms with van der Waals surface area (Å²) < 4.78 is 13.2. The van der Waals surface area contributed by atoms with Gasteiger partial charge >= 0.3 is 23.9 Å². The SMILES string of the molecule is CC(=O)O[C@@H](CC(=O)O[C@@H](C)C(=O)OP)C(=O)O. The van der Waals surface area contributed by atoms with Crippen LogP contribution < -0.4 is 0 Å². The van der Waals surface area contributed by atoms with E-state index in [1.54, 1.807) is 9.47 Å². The molecular formula is C9H13O8P. The Balaban J connectivity index is 4.38. The maximum atomic E-state index is 11.3. The predicted octanol–water partition coefficient (Wildman–Crippen LogP) is -0.342. The summed E-state index contributed by atoms with van der Waals surface area (Å²) in [6, 6.07) is 0. The van der Waals surface area contributed by atoms with Crippen molar-refractivity contribution in [2.24, 2.45) is 0 Å². The number of carboxylic acids is 1. The third-order valence-electron chi connectivity index (χ3n) is 1.69. The molecule has 0 bridgehead atoms. The molecule has 0 amide bonds. The van der Waals surface area contributed by atoms with Crippen LogP contribution in [0.15, 0.2) is 0 Å². The van der Waals surface area contributed by atoms with Crippen LogP contribution in [0, 0.1) is 0 Å². The first-order valence-electron chi connectivity index (χ1n) is 4.78. The maximum Gasteiger partial charge on any atom is 0.349 e. The fraction of sp³-hybridized carbons (Fsp3) is 0.556. The van der Waals surface area contributed by atoms with Gasteiger partial charge in [-0.15, -0.1) is 0 Å². The highest BCUT2D eigenvalue weighted by atomic mass is 31.0. The minimum atomic E-state index is -1.64. The average molecular weight is 280 g/mol. The molecule has 8 nitrogen and oxygen atoms in total. The second kappa shape index (κ2) is 7.60. The third-order valence-corrected chi connectivity index (χ3v) is 1.92. The van der Waals surface area contributed by atoms with Gasteiger partial charge in [0.05, 0.1) is 15.9 Å². The van der Waals surface area contributed by atoms with Gasteiger partial charge in [0, 0.05) is 6.92 Å². The summed E-state index contributed by atoms with van der Waals surface area (Å²) in [6.07, 6.45) is -3.51. The minimum absolute atomic E-state index is 0.691. The third kappa shape index (κ3) is 6.15. The monoisotopic (exact) mass is 280 g/mol. The standard InChI is InChI=1S/C9H13O8P/c1-4(9(14)17-18)15-7(11)3-6(8(12)13)16-5(2)10/h4,6H,3,18H2,1-2H3,(H,12,13)/t4-,6-/m0/s1. The summed E-state index contributed by atoms with van der Waals surface area (Å²) in [7, 11) is 1.69. The summed E-state index contributed by atoms with van der Waals surface area (Å²) in [4.78, 5) is 43.5. The molecule has 0 fully saturated rings. The van der Waals surface area contributed by atoms with Gasteiger partial charge in [-0.3, -0.25) is 9.59 Å². The Morgan fingerprint density at radius 1 is 1.22 bits per heavy atom. The lowest BCUT2D eigenvalue weighted by molar-refractivity contribution is -0.170. The van der Waals surface area contributed by atoms with E-state index in [0.29, 0.717) is 0 Å². The van der Waals surface area contributed by atoms with Gasteiger partial charge in [0.1, 0.15) is 0 Å². The number of carbonyl (C=O) groups excluding carboxylic acids is 3. The van der Waals surface area contributed by atoms with Gasteiger partial charge in [0.2, 0.25) is 6.10 Å². The van der Waals surface area contributed by atoms with E-state index in [9.17, 15) is 19.2 Å². The van der Waals surface area contributed by atoms with Crippen molar-refractivity contribution in [3.8, 4) is 0 Å². The summed E-state index contributed by atoms with van der Waals surface area (Å²) in [6.45, 7) is 2.27. The van der Waals surface area contributed by atoms with Gasteiger partial charge in [0.25, 0.3) is 0 Å². The highest BCUT2D eigenvalue weighted by Gasteiger charge is 2.27. The molecule has 0 aromatic heterocycles. The first-order chi connectivity index (χ1) is 8.27. The molecule has 0 saturated heterocycles. The van der Waals surface area contributed by atoms with E-state index < -0.39 is 42.5 Å². The Bertz CT molecular complexity index is 352. The minimum Gasteiger partial charge on any atom is -0.478 e. The number of hydrogen-bond donors (Lipinski definition) is 1. The van der Waals surface area contributed by atoms with E-state index >= 15 is 0 Å². The molecule has 0 heterocycles. The molecule has 18 heavy (non-hydrogen) atoms. The van der Waals surface area contributed by atoms with Crippen molar-refractivity contribution in [3.63, 3.8) is 0 Å². The molecule has 0 radical (unpaired) electrons. The van der Waals surface area contributed by atoms with Gasteiger partial charge in [-0.1, -0.05) is 0 Å². The first-order valence-corrected chi connectivity index (χ1v) is 5.25. The number of carbonyl (C=O) groups is 4. The zero-order chi connectivity index (χ0) is 14.3. The summed E-state index contributed by atoms with van der Waals surface area (Å²) in [5, 5.41) is 8.68. The number of carboxylic acid groups (broad SMARTS) is 1. The van der Waals surface area contributed by atoms with Gasteiger partial charge in [-0.05, 0) is 6.92 Å². The van der Waals surface area contributed by atoms with Crippen LogP contribution in [0.5, 0.6) is 0 Å². The van der Waals surface area contributed by atoms with Crippen LogP contribution >= 0.6 is 9.47 Å². The van der Waals surface area contributed by atoms with Crippen molar-refractivity contribution in [2.45, 2.75) is 32.5 Å². The van der Waals surface area contributed by atoms with Crippen molar-refractivity contribution in [3.05, 3.63) is 0 Å². The molecule has 0 aliphatic carbocycles. The number of ether oxygens (including phenoxy) is 2. The number of hydrogen-bond acceptors (Lipinski definition) is 7. The van der Waals surface area contributed by atoms with Crippen molar-refractivity contribution in [1.29, 1.82) is 0 Å². The van der Waals surface area contributed by atoms with E-state index in [2.05, 4.69) is 14.0 Å². The Kier molecular flexibility index (Phi) is 6.89. The van der Waals surface area contributed by atoms with Crippen LogP contribution in [0.3, 0.4) is 0 Å². The Morgan fingerprint density at radius 2 is 1.78 bits per heavy atom. The Morgan fingerprint density at radius 3 is 2.17 bits per heavy atom. The van der Waals surface area contributed by atoms with Gasteiger partial charge in [0.15, 0.2) is 6.10 Å². The first kappa shape index (κ1) is 16.3. The second-order valence-corrected chi connectivity index (χ2v) is 3.45. The lowest BCUT2D eigenvalue weighted by Crippen LogP contribution is -2.32. The number of rotatable bonds is 6. The van der Waals surface area contributed by atoms with E-state index in [1.165, 1.54) is 6.92 Å². The molecule has 3 atom stereocenters. The van der Waals surface area contributed by atoms with Gasteiger partial charge in [-0.25, -0.2) is 9.59 Å². The topological polar surface area (TPSA) is 116 Å². The van der Waals surface area contributed by atoms with Gasteiger partial charge < -0.3 is 19.1 Å². The van der Waals surface area contributed by atoms with Crippen LogP contribution in [0.1, 0.15) is 20.3 Å². The van der Waals surface area contributed by atoms with Crippen LogP contribution in [0.2, 0.25) is 0 Å². The van der Waals surface area contributed by atoms with Crippen molar-refractivity contribution in [2.75, 3.05) is 0 Å². The normalized spacial score (nSPS) is 13.1. The lowest BCUT2D eigenvalue weighted by atomic mass is 10.2. The molecule has 102 valence electrons. The molecule has 9 heteroatoms. The molecular weight excluding hydrogens is 267 g/mol. The van der Waals surface area contributed by atoms with E-state index in [-0.39, 0.29) is 0 Å². The van der Waals surface area contributed by atoms with E-state index in [0.717, 1.165) is 6.92 Å². The van der Waals surface area contributed by atoms with E-state index in [4.69, 9.17) is 5.11 Å². The molecule has 0 aromatic carbocycles. The van der Waals surface area contributed by atoms with E-state index in [1.807, 2.05) is 0 Å². The summed E-state index contributed by atoms with van der Waals surface area (Å²) in [5.74, 6) is -4.13. The summed E-state index contributed by atoms with van der Waals surface area (Å²) >= 11 is 0. The fourth-order valence-corrected chi connectivity index (χ4v) is 1.11. The van der Waals surface area contributed by atoms with Crippen LogP contribution in [-0.2, 0) is 33.2 Å². The fourth-order valence-electron chi connectivity index (χ4n) is 0.920. The highest BCUT2D eigenvalue weighted by Crippen LogP contribution is 2.05. The van der Waals surface area contributed by atoms with Gasteiger partial charge in [-0.2, -0.15) is 0 Å². The molecule has 1 unspecified atom stereocenters. The quantitative estimate of drug-likeness (QED) is 0.518. The molecule has 0 aliphatic heterocycles. The highest BCUT2D eigenvalue weighted by molar-refractivity contribution is 7.10. The molecule has 0 aliphatic rings. The largest absolute Gasteiger partial charge is 0.478 e. The summed E-state index contributed by atoms with van der Waals surface area (Å²) in [5.41, 5.74) is 0. The smallest absolute Gasteiger partial charge is 0.349 e. The molecule has 0 saturated carbocycles. The lowest BCUT2D eigenvalue weighted by Gasteiger charge is -2.14. The van der Waals surface area contributed by atoms with Crippen molar-refractivity contribution >= 4 is 33.3 Å². The Labute approximate surface area is 105 Å². The molecule has 0 aromatic rings. The maximum absolute atomic E-state index is 11.3. The van der Waals surface area contributed by atoms with Crippen molar-refractivity contribution < 1.29 is 38.3 Å². The zero-order valence-electron chi connectivity index (χ0n) is 9.74. The second-order valence-electron chi connectivity index (χ2n) is 3.21. The zero-order valence-corrected chi connectivity index (χ0v) is 10.9. The predicted molar refractivity (Wildman–Crippen MR) is 59.2 cm³/mol. The van der Waals surface area contributed by atoms with Crippen LogP contribution in [0.25, 0.3) is 0 Å². The van der Waals surface area contributed by atoms with Crippen LogP contribution in [-0.4, -0.2) is 41.2 Å². The molecule has 0 rings (SSSR count).